The van der Waals surface area contributed by atoms with Gasteiger partial charge in [0.1, 0.15) is 0 Å². The van der Waals surface area contributed by atoms with Crippen molar-refractivity contribution in [3.8, 4) is 11.1 Å². The normalized spacial score (nSPS) is 11.8. The van der Waals surface area contributed by atoms with E-state index in [1.54, 1.807) is 0 Å². The molecule has 2 aromatic heterocycles. The maximum atomic E-state index is 2.54. The Bertz CT molecular complexity index is 3450. The van der Waals surface area contributed by atoms with Gasteiger partial charge in [0.25, 0.3) is 0 Å². The van der Waals surface area contributed by atoms with Gasteiger partial charge in [-0.1, -0.05) is 91.0 Å². The van der Waals surface area contributed by atoms with Crippen molar-refractivity contribution in [3.05, 3.63) is 222 Å². The number of para-hydroxylation sites is 2. The Morgan fingerprint density at radius 1 is 0.286 bits per heavy atom. The van der Waals surface area contributed by atoms with Gasteiger partial charge in [0.15, 0.2) is 0 Å². The molecule has 0 saturated heterocycles. The number of anilines is 6. The van der Waals surface area contributed by atoms with Crippen LogP contribution in [-0.2, 0) is 0 Å². The SMILES string of the molecule is Cc1cc(C)cc(N(c2ccccc2)c2ccc3cc4c5cc(-c6ccccc6)cc6c7cc8ccc(N(c9ccccc9)c9cc(C)cc(C)c9)cc8cc7n(c4cc3c2)c56)c1. The van der Waals surface area contributed by atoms with Crippen LogP contribution in [0.25, 0.3) is 70.8 Å². The van der Waals surface area contributed by atoms with Crippen LogP contribution >= 0.6 is 0 Å². The standard InChI is InChI=1S/C60H45N3/c1-38-24-39(2)27-52(26-38)61(48-16-10-6-11-17-48)50-22-20-43-32-54-56-34-47(42-14-8-5-9-15-42)35-57-55-33-44-21-23-51(31-46(44)37-59(55)63(60(56)57)58(54)36-45(43)30-50)62(49-18-12-7-13-19-49)53-28-40(3)25-41(4)29-53/h5-37H,1-4H3. The van der Waals surface area contributed by atoms with E-state index in [0.717, 1.165) is 34.1 Å². The molecule has 0 unspecified atom stereocenters. The Morgan fingerprint density at radius 2 is 0.698 bits per heavy atom. The Labute approximate surface area is 367 Å². The van der Waals surface area contributed by atoms with Gasteiger partial charge >= 0.3 is 0 Å². The molecule has 2 heterocycles. The Morgan fingerprint density at radius 3 is 1.13 bits per heavy atom. The van der Waals surface area contributed by atoms with Crippen molar-refractivity contribution in [1.29, 1.82) is 0 Å². The minimum Gasteiger partial charge on any atom is -0.310 e. The summed E-state index contributed by atoms with van der Waals surface area (Å²) in [5.41, 5.74) is 18.0. The summed E-state index contributed by atoms with van der Waals surface area (Å²) in [6.45, 7) is 8.72. The van der Waals surface area contributed by atoms with Crippen molar-refractivity contribution in [3.63, 3.8) is 0 Å². The second-order valence-corrected chi connectivity index (χ2v) is 17.5. The molecule has 300 valence electrons. The van der Waals surface area contributed by atoms with Gasteiger partial charge in [0, 0.05) is 55.7 Å². The second kappa shape index (κ2) is 14.4. The van der Waals surface area contributed by atoms with E-state index in [-0.39, 0.29) is 0 Å². The Balaban J connectivity index is 1.11. The molecule has 0 fully saturated rings. The van der Waals surface area contributed by atoms with Crippen LogP contribution in [0.2, 0.25) is 0 Å². The monoisotopic (exact) mass is 807 g/mol. The van der Waals surface area contributed by atoms with E-state index < -0.39 is 0 Å². The van der Waals surface area contributed by atoms with E-state index in [0.29, 0.717) is 0 Å². The molecule has 10 aromatic carbocycles. The first-order valence-corrected chi connectivity index (χ1v) is 21.9. The van der Waals surface area contributed by atoms with Gasteiger partial charge in [0.05, 0.1) is 16.6 Å². The predicted molar refractivity (Wildman–Crippen MR) is 270 cm³/mol. The van der Waals surface area contributed by atoms with Crippen molar-refractivity contribution in [1.82, 2.24) is 4.40 Å². The van der Waals surface area contributed by atoms with E-state index in [1.807, 2.05) is 0 Å². The van der Waals surface area contributed by atoms with Gasteiger partial charge in [-0.05, 0) is 192 Å². The third-order valence-corrected chi connectivity index (χ3v) is 12.9. The average molecular weight is 808 g/mol. The van der Waals surface area contributed by atoms with Crippen LogP contribution < -0.4 is 9.80 Å². The number of rotatable bonds is 7. The third kappa shape index (κ3) is 6.19. The molecule has 0 atom stereocenters. The number of nitrogens with zero attached hydrogens (tertiary/aromatic N) is 3. The highest BCUT2D eigenvalue weighted by Crippen LogP contribution is 2.46. The van der Waals surface area contributed by atoms with Crippen molar-refractivity contribution >= 4 is 93.8 Å². The van der Waals surface area contributed by atoms with Gasteiger partial charge in [-0.2, -0.15) is 0 Å². The van der Waals surface area contributed by atoms with E-state index in [4.69, 9.17) is 0 Å². The zero-order chi connectivity index (χ0) is 42.3. The lowest BCUT2D eigenvalue weighted by atomic mass is 9.97. The second-order valence-electron chi connectivity index (χ2n) is 17.5. The summed E-state index contributed by atoms with van der Waals surface area (Å²) in [5, 5.41) is 9.95. The third-order valence-electron chi connectivity index (χ3n) is 12.9. The fourth-order valence-electron chi connectivity index (χ4n) is 10.3. The number of hydrogen-bond donors (Lipinski definition) is 0. The van der Waals surface area contributed by atoms with Crippen LogP contribution in [0.4, 0.5) is 34.1 Å². The van der Waals surface area contributed by atoms with Gasteiger partial charge in [-0.3, -0.25) is 0 Å². The predicted octanol–water partition coefficient (Wildman–Crippen LogP) is 17.0. The molecule has 0 saturated carbocycles. The minimum absolute atomic E-state index is 1.13. The summed E-state index contributed by atoms with van der Waals surface area (Å²) in [6, 6.07) is 74.3. The van der Waals surface area contributed by atoms with Gasteiger partial charge in [-0.25, -0.2) is 0 Å². The molecule has 63 heavy (non-hydrogen) atoms. The largest absolute Gasteiger partial charge is 0.310 e. The molecule has 3 heteroatoms. The van der Waals surface area contributed by atoms with E-state index in [2.05, 4.69) is 242 Å². The Hall–Kier alpha value is -7.88. The zero-order valence-electron chi connectivity index (χ0n) is 35.9. The quantitative estimate of drug-likeness (QED) is 0.159. The highest BCUT2D eigenvalue weighted by atomic mass is 15.1. The molecular weight excluding hydrogens is 763 g/mol. The number of aromatic nitrogens is 1. The molecule has 3 nitrogen and oxygen atoms in total. The molecule has 0 radical (unpaired) electrons. The number of hydrogen-bond acceptors (Lipinski definition) is 2. The summed E-state index contributed by atoms with van der Waals surface area (Å²) in [5.74, 6) is 0. The van der Waals surface area contributed by atoms with E-state index in [9.17, 15) is 0 Å². The van der Waals surface area contributed by atoms with Gasteiger partial charge < -0.3 is 14.2 Å². The van der Waals surface area contributed by atoms with Crippen molar-refractivity contribution in [2.24, 2.45) is 0 Å². The Kier molecular flexibility index (Phi) is 8.42. The molecule has 12 rings (SSSR count). The maximum absolute atomic E-state index is 2.54. The summed E-state index contributed by atoms with van der Waals surface area (Å²) in [4.78, 5) is 4.77. The molecule has 12 aromatic rings. The van der Waals surface area contributed by atoms with Crippen LogP contribution in [-0.4, -0.2) is 4.40 Å². The van der Waals surface area contributed by atoms with Crippen molar-refractivity contribution in [2.45, 2.75) is 27.7 Å². The lowest BCUT2D eigenvalue weighted by Gasteiger charge is -2.26. The van der Waals surface area contributed by atoms with Crippen LogP contribution in [0.15, 0.2) is 200 Å². The van der Waals surface area contributed by atoms with Gasteiger partial charge in [0.2, 0.25) is 0 Å². The number of fused-ring (bicyclic) bond motifs is 8. The zero-order valence-corrected chi connectivity index (χ0v) is 35.9. The van der Waals surface area contributed by atoms with Crippen LogP contribution in [0.1, 0.15) is 22.3 Å². The lowest BCUT2D eigenvalue weighted by molar-refractivity contribution is 1.26. The van der Waals surface area contributed by atoms with E-state index in [1.165, 1.54) is 93.0 Å². The van der Waals surface area contributed by atoms with Gasteiger partial charge in [-0.15, -0.1) is 0 Å². The fourth-order valence-corrected chi connectivity index (χ4v) is 10.3. The molecule has 0 bridgehead atoms. The van der Waals surface area contributed by atoms with Crippen LogP contribution in [0.5, 0.6) is 0 Å². The molecule has 0 aliphatic rings. The first kappa shape index (κ1) is 36.9. The average Bonchev–Trinajstić information content (AvgIpc) is 3.78. The molecule has 0 N–H and O–H groups in total. The van der Waals surface area contributed by atoms with E-state index >= 15 is 0 Å². The summed E-state index contributed by atoms with van der Waals surface area (Å²) in [7, 11) is 0. The molecule has 0 aliphatic carbocycles. The van der Waals surface area contributed by atoms with Crippen LogP contribution in [0.3, 0.4) is 0 Å². The van der Waals surface area contributed by atoms with Crippen molar-refractivity contribution in [2.75, 3.05) is 9.80 Å². The summed E-state index contributed by atoms with van der Waals surface area (Å²) in [6.07, 6.45) is 0. The summed E-state index contributed by atoms with van der Waals surface area (Å²) < 4.78 is 2.54. The lowest BCUT2D eigenvalue weighted by Crippen LogP contribution is -2.10. The molecule has 0 amide bonds. The number of aryl methyl sites for hydroxylation is 4. The smallest absolute Gasteiger partial charge is 0.0620 e. The highest BCUT2D eigenvalue weighted by molar-refractivity contribution is 6.27. The fraction of sp³-hybridized carbons (Fsp3) is 0.0667. The first-order valence-electron chi connectivity index (χ1n) is 21.9. The molecular formula is C60H45N3. The highest BCUT2D eigenvalue weighted by Gasteiger charge is 2.22. The molecule has 0 aliphatic heterocycles. The number of benzene rings is 10. The minimum atomic E-state index is 1.13. The topological polar surface area (TPSA) is 10.9 Å². The molecule has 0 spiro atoms. The van der Waals surface area contributed by atoms with Crippen molar-refractivity contribution < 1.29 is 0 Å². The maximum Gasteiger partial charge on any atom is 0.0620 e. The van der Waals surface area contributed by atoms with Crippen LogP contribution in [0, 0.1) is 27.7 Å². The summed E-state index contributed by atoms with van der Waals surface area (Å²) >= 11 is 0. The first-order chi connectivity index (χ1) is 30.8.